The molecule has 1 heterocycles. The monoisotopic (exact) mass is 337 g/mol. The molecule has 0 aliphatic carbocycles. The first-order valence-electron chi connectivity index (χ1n) is 5.84. The summed E-state index contributed by atoms with van der Waals surface area (Å²) in [4.78, 5) is 25.5. The molecule has 0 aliphatic rings. The highest BCUT2D eigenvalue weighted by atomic mass is 79.9. The van der Waals surface area contributed by atoms with Crippen molar-refractivity contribution in [2.45, 2.75) is 13.5 Å². The fourth-order valence-corrected chi connectivity index (χ4v) is 2.28. The number of amides is 1. The number of nitrogens with one attached hydrogen (secondary N) is 2. The van der Waals surface area contributed by atoms with Crippen LogP contribution in [0.15, 0.2) is 34.9 Å². The fraction of sp³-hybridized carbons (Fsp3) is 0.154. The van der Waals surface area contributed by atoms with E-state index in [2.05, 4.69) is 26.2 Å². The molecule has 0 radical (unpaired) electrons. The summed E-state index contributed by atoms with van der Waals surface area (Å²) >= 11 is 3.18. The standard InChI is InChI=1S/C13H12BrN3O3/c1-8-11(5-9(14)6-12(8)17(19)20)13(18)16-7-10-3-2-4-15-10/h2-6,15H,7H2,1H3,(H,16,18). The second kappa shape index (κ2) is 5.87. The van der Waals surface area contributed by atoms with E-state index in [1.165, 1.54) is 6.07 Å². The highest BCUT2D eigenvalue weighted by molar-refractivity contribution is 9.10. The summed E-state index contributed by atoms with van der Waals surface area (Å²) in [6.07, 6.45) is 1.76. The Morgan fingerprint density at radius 2 is 2.25 bits per heavy atom. The quantitative estimate of drug-likeness (QED) is 0.664. The Kier molecular flexibility index (Phi) is 4.19. The molecule has 1 aromatic heterocycles. The second-order valence-corrected chi connectivity index (χ2v) is 5.15. The minimum absolute atomic E-state index is 0.0793. The van der Waals surface area contributed by atoms with Gasteiger partial charge in [0.2, 0.25) is 0 Å². The Hall–Kier alpha value is -2.15. The maximum Gasteiger partial charge on any atom is 0.274 e. The minimum atomic E-state index is -0.498. The van der Waals surface area contributed by atoms with E-state index in [1.54, 1.807) is 19.2 Å². The van der Waals surface area contributed by atoms with Crippen LogP contribution in [0, 0.1) is 17.0 Å². The summed E-state index contributed by atoms with van der Waals surface area (Å²) in [6.45, 7) is 1.90. The largest absolute Gasteiger partial charge is 0.364 e. The summed E-state index contributed by atoms with van der Waals surface area (Å²) in [6, 6.07) is 6.64. The van der Waals surface area contributed by atoms with E-state index in [4.69, 9.17) is 0 Å². The highest BCUT2D eigenvalue weighted by Gasteiger charge is 2.19. The SMILES string of the molecule is Cc1c(C(=O)NCc2ccc[nH]2)cc(Br)cc1[N+](=O)[O-]. The Morgan fingerprint density at radius 1 is 1.50 bits per heavy atom. The smallest absolute Gasteiger partial charge is 0.274 e. The molecule has 20 heavy (non-hydrogen) atoms. The summed E-state index contributed by atoms with van der Waals surface area (Å²) in [5.74, 6) is -0.346. The molecule has 104 valence electrons. The van der Waals surface area contributed by atoms with Crippen LogP contribution in [0.25, 0.3) is 0 Å². The van der Waals surface area contributed by atoms with E-state index in [-0.39, 0.29) is 17.2 Å². The average molecular weight is 338 g/mol. The maximum atomic E-state index is 12.1. The van der Waals surface area contributed by atoms with E-state index < -0.39 is 4.92 Å². The number of hydrogen-bond acceptors (Lipinski definition) is 3. The number of nitro benzene ring substituents is 1. The highest BCUT2D eigenvalue weighted by Crippen LogP contribution is 2.26. The number of halogens is 1. The molecule has 0 spiro atoms. The zero-order chi connectivity index (χ0) is 14.7. The van der Waals surface area contributed by atoms with Gasteiger partial charge in [0, 0.05) is 28.0 Å². The number of rotatable bonds is 4. The molecule has 0 saturated carbocycles. The van der Waals surface area contributed by atoms with Crippen molar-refractivity contribution in [1.29, 1.82) is 0 Å². The molecule has 0 unspecified atom stereocenters. The topological polar surface area (TPSA) is 88.0 Å². The van der Waals surface area contributed by atoms with Gasteiger partial charge in [0.05, 0.1) is 17.0 Å². The van der Waals surface area contributed by atoms with E-state index in [0.29, 0.717) is 16.6 Å². The van der Waals surface area contributed by atoms with Crippen LogP contribution in [-0.2, 0) is 6.54 Å². The first-order valence-corrected chi connectivity index (χ1v) is 6.63. The number of hydrogen-bond donors (Lipinski definition) is 2. The van der Waals surface area contributed by atoms with Crippen molar-refractivity contribution in [2.75, 3.05) is 0 Å². The molecule has 1 amide bonds. The third-order valence-corrected chi connectivity index (χ3v) is 3.35. The van der Waals surface area contributed by atoms with Gasteiger partial charge in [0.1, 0.15) is 0 Å². The van der Waals surface area contributed by atoms with Crippen LogP contribution >= 0.6 is 15.9 Å². The van der Waals surface area contributed by atoms with Gasteiger partial charge in [-0.25, -0.2) is 0 Å². The zero-order valence-electron chi connectivity index (χ0n) is 10.6. The van der Waals surface area contributed by atoms with E-state index >= 15 is 0 Å². The van der Waals surface area contributed by atoms with Gasteiger partial charge in [-0.3, -0.25) is 14.9 Å². The van der Waals surface area contributed by atoms with Crippen LogP contribution in [0.1, 0.15) is 21.6 Å². The van der Waals surface area contributed by atoms with Gasteiger partial charge in [-0.15, -0.1) is 0 Å². The van der Waals surface area contributed by atoms with E-state index in [1.807, 2.05) is 12.1 Å². The molecule has 0 bridgehead atoms. The lowest BCUT2D eigenvalue weighted by Crippen LogP contribution is -2.24. The Morgan fingerprint density at radius 3 is 2.85 bits per heavy atom. The number of carbonyl (C=O) groups is 1. The average Bonchev–Trinajstić information content (AvgIpc) is 2.91. The van der Waals surface area contributed by atoms with Crippen LogP contribution in [0.3, 0.4) is 0 Å². The van der Waals surface area contributed by atoms with Crippen LogP contribution in [0.4, 0.5) is 5.69 Å². The van der Waals surface area contributed by atoms with Gasteiger partial charge in [-0.1, -0.05) is 15.9 Å². The predicted molar refractivity (Wildman–Crippen MR) is 77.5 cm³/mol. The molecule has 1 aromatic carbocycles. The number of carbonyl (C=O) groups excluding carboxylic acids is 1. The van der Waals surface area contributed by atoms with Crippen molar-refractivity contribution in [2.24, 2.45) is 0 Å². The van der Waals surface area contributed by atoms with Crippen molar-refractivity contribution in [3.63, 3.8) is 0 Å². The van der Waals surface area contributed by atoms with Gasteiger partial charge in [0.25, 0.3) is 11.6 Å². The molecule has 7 heteroatoms. The summed E-state index contributed by atoms with van der Waals surface area (Å²) in [5.41, 5.74) is 1.42. The van der Waals surface area contributed by atoms with Gasteiger partial charge in [-0.2, -0.15) is 0 Å². The molecule has 0 fully saturated rings. The van der Waals surface area contributed by atoms with Gasteiger partial charge in [-0.05, 0) is 25.1 Å². The number of benzene rings is 1. The molecular formula is C13H12BrN3O3. The number of aromatic amines is 1. The van der Waals surface area contributed by atoms with Gasteiger partial charge >= 0.3 is 0 Å². The third-order valence-electron chi connectivity index (χ3n) is 2.89. The maximum absolute atomic E-state index is 12.1. The fourth-order valence-electron chi connectivity index (χ4n) is 1.84. The van der Waals surface area contributed by atoms with Crippen LogP contribution in [0.5, 0.6) is 0 Å². The second-order valence-electron chi connectivity index (χ2n) is 4.23. The van der Waals surface area contributed by atoms with Gasteiger partial charge < -0.3 is 10.3 Å². The van der Waals surface area contributed by atoms with Crippen molar-refractivity contribution in [3.8, 4) is 0 Å². The van der Waals surface area contributed by atoms with Gasteiger partial charge in [0.15, 0.2) is 0 Å². The number of aromatic nitrogens is 1. The van der Waals surface area contributed by atoms with Crippen molar-refractivity contribution in [3.05, 3.63) is 61.9 Å². The molecule has 2 rings (SSSR count). The van der Waals surface area contributed by atoms with Crippen molar-refractivity contribution in [1.82, 2.24) is 10.3 Å². The Balaban J connectivity index is 2.23. The lowest BCUT2D eigenvalue weighted by Gasteiger charge is -2.08. The first kappa shape index (κ1) is 14.3. The number of H-pyrrole nitrogens is 1. The molecule has 0 atom stereocenters. The summed E-state index contributed by atoms with van der Waals surface area (Å²) in [7, 11) is 0. The lowest BCUT2D eigenvalue weighted by molar-refractivity contribution is -0.385. The molecule has 2 N–H and O–H groups in total. The number of nitro groups is 1. The molecule has 6 nitrogen and oxygen atoms in total. The lowest BCUT2D eigenvalue weighted by atomic mass is 10.1. The van der Waals surface area contributed by atoms with Crippen LogP contribution < -0.4 is 5.32 Å². The molecule has 0 saturated heterocycles. The summed E-state index contributed by atoms with van der Waals surface area (Å²) in [5, 5.41) is 13.7. The molecular weight excluding hydrogens is 326 g/mol. The van der Waals surface area contributed by atoms with Crippen molar-refractivity contribution < 1.29 is 9.72 Å². The third kappa shape index (κ3) is 3.05. The van der Waals surface area contributed by atoms with E-state index in [9.17, 15) is 14.9 Å². The minimum Gasteiger partial charge on any atom is -0.364 e. The Labute approximate surface area is 123 Å². The van der Waals surface area contributed by atoms with Crippen LogP contribution in [-0.4, -0.2) is 15.8 Å². The van der Waals surface area contributed by atoms with Crippen LogP contribution in [0.2, 0.25) is 0 Å². The molecule has 2 aromatic rings. The predicted octanol–water partition coefficient (Wildman–Crippen LogP) is 2.92. The Bertz CT molecular complexity index is 653. The first-order chi connectivity index (χ1) is 9.49. The number of nitrogens with zero attached hydrogens (tertiary/aromatic N) is 1. The molecule has 0 aliphatic heterocycles. The zero-order valence-corrected chi connectivity index (χ0v) is 12.2. The normalized spacial score (nSPS) is 10.3. The summed E-state index contributed by atoms with van der Waals surface area (Å²) < 4.78 is 0.500. The van der Waals surface area contributed by atoms with E-state index in [0.717, 1.165) is 5.69 Å². The van der Waals surface area contributed by atoms with Crippen molar-refractivity contribution >= 4 is 27.5 Å².